The van der Waals surface area contributed by atoms with Gasteiger partial charge in [-0.1, -0.05) is 12.1 Å². The highest BCUT2D eigenvalue weighted by Crippen LogP contribution is 2.31. The molecule has 0 spiro atoms. The lowest BCUT2D eigenvalue weighted by molar-refractivity contribution is 0.444. The lowest BCUT2D eigenvalue weighted by atomic mass is 10.1. The van der Waals surface area contributed by atoms with Gasteiger partial charge in [-0.15, -0.1) is 0 Å². The molecule has 0 aliphatic carbocycles. The Labute approximate surface area is 108 Å². The van der Waals surface area contributed by atoms with Gasteiger partial charge in [0.2, 0.25) is 0 Å². The summed E-state index contributed by atoms with van der Waals surface area (Å²) in [5.74, 6) is -0.720. The smallest absolute Gasteiger partial charge is 0.298 e. The molecule has 0 amide bonds. The highest BCUT2D eigenvalue weighted by atomic mass is 32.2. The summed E-state index contributed by atoms with van der Waals surface area (Å²) in [5, 5.41) is 9.55. The van der Waals surface area contributed by atoms with E-state index in [0.29, 0.717) is 0 Å². The van der Waals surface area contributed by atoms with Crippen LogP contribution in [0.15, 0.2) is 40.1 Å². The molecule has 9 heteroatoms. The number of phenolic OH excluding ortho intramolecular Hbond substituents is 1. The summed E-state index contributed by atoms with van der Waals surface area (Å²) in [7, 11) is -9.28. The second kappa shape index (κ2) is 4.17. The Morgan fingerprint density at radius 2 is 1.42 bits per heavy atom. The van der Waals surface area contributed by atoms with Crippen molar-refractivity contribution in [1.29, 1.82) is 0 Å². The average molecular weight is 304 g/mol. The Morgan fingerprint density at radius 1 is 0.842 bits per heavy atom. The van der Waals surface area contributed by atoms with Crippen LogP contribution in [0.3, 0.4) is 0 Å². The third-order valence-electron chi connectivity index (χ3n) is 2.48. The molecule has 0 saturated carbocycles. The Hall–Kier alpha value is -1.68. The van der Waals surface area contributed by atoms with Crippen molar-refractivity contribution in [3.05, 3.63) is 30.3 Å². The van der Waals surface area contributed by atoms with Gasteiger partial charge in [0.15, 0.2) is 0 Å². The fraction of sp³-hybridized carbons (Fsp3) is 0. The first-order valence-corrected chi connectivity index (χ1v) is 7.69. The maximum absolute atomic E-state index is 11.2. The first-order valence-electron chi connectivity index (χ1n) is 4.81. The van der Waals surface area contributed by atoms with Crippen LogP contribution in [0.5, 0.6) is 5.75 Å². The number of rotatable bonds is 2. The molecular formula is C10H8O7S2. The molecule has 3 N–H and O–H groups in total. The van der Waals surface area contributed by atoms with Crippen LogP contribution in [0.25, 0.3) is 10.8 Å². The SMILES string of the molecule is O=S(=O)(O)c1cc2c(S(=O)(=O)O)cccc2cc1O. The average Bonchev–Trinajstić information content (AvgIpc) is 2.24. The zero-order chi connectivity index (χ0) is 14.4. The van der Waals surface area contributed by atoms with Gasteiger partial charge in [0.05, 0.1) is 0 Å². The van der Waals surface area contributed by atoms with E-state index in [2.05, 4.69) is 0 Å². The normalized spacial score (nSPS) is 12.7. The molecule has 0 heterocycles. The van der Waals surface area contributed by atoms with E-state index in [1.54, 1.807) is 0 Å². The molecule has 0 bridgehead atoms. The molecular weight excluding hydrogens is 296 g/mol. The summed E-state index contributed by atoms with van der Waals surface area (Å²) in [5.41, 5.74) is 0. The van der Waals surface area contributed by atoms with Crippen molar-refractivity contribution in [2.75, 3.05) is 0 Å². The van der Waals surface area contributed by atoms with Gasteiger partial charge in [0.25, 0.3) is 20.2 Å². The van der Waals surface area contributed by atoms with Gasteiger partial charge >= 0.3 is 0 Å². The lowest BCUT2D eigenvalue weighted by Gasteiger charge is -2.07. The lowest BCUT2D eigenvalue weighted by Crippen LogP contribution is -2.02. The highest BCUT2D eigenvalue weighted by molar-refractivity contribution is 7.86. The molecule has 2 rings (SSSR count). The third kappa shape index (κ3) is 2.54. The van der Waals surface area contributed by atoms with Crippen LogP contribution in [0.1, 0.15) is 0 Å². The van der Waals surface area contributed by atoms with Gasteiger partial charge in [-0.2, -0.15) is 16.8 Å². The van der Waals surface area contributed by atoms with Crippen LogP contribution in [-0.2, 0) is 20.2 Å². The van der Waals surface area contributed by atoms with Crippen LogP contribution in [-0.4, -0.2) is 31.0 Å². The zero-order valence-electron chi connectivity index (χ0n) is 9.18. The zero-order valence-corrected chi connectivity index (χ0v) is 10.8. The molecule has 0 unspecified atom stereocenters. The molecule has 0 radical (unpaired) electrons. The minimum atomic E-state index is -4.71. The van der Waals surface area contributed by atoms with Crippen molar-refractivity contribution >= 4 is 31.0 Å². The molecule has 0 aliphatic rings. The fourth-order valence-corrected chi connectivity index (χ4v) is 2.99. The predicted molar refractivity (Wildman–Crippen MR) is 65.2 cm³/mol. The second-order valence-corrected chi connectivity index (χ2v) is 6.53. The molecule has 0 atom stereocenters. The number of benzene rings is 2. The van der Waals surface area contributed by atoms with Crippen LogP contribution < -0.4 is 0 Å². The van der Waals surface area contributed by atoms with Crippen LogP contribution >= 0.6 is 0 Å². The van der Waals surface area contributed by atoms with E-state index in [-0.39, 0.29) is 10.8 Å². The number of phenols is 1. The minimum absolute atomic E-state index is 0.129. The standard InChI is InChI=1S/C10H8O7S2/c11-8-4-6-2-1-3-9(18(12,13)14)7(6)5-10(8)19(15,16)17/h1-5,11H,(H,12,13,14)(H,15,16,17). The van der Waals surface area contributed by atoms with Crippen molar-refractivity contribution < 1.29 is 31.0 Å². The van der Waals surface area contributed by atoms with E-state index in [1.165, 1.54) is 12.1 Å². The van der Waals surface area contributed by atoms with E-state index < -0.39 is 35.8 Å². The molecule has 7 nitrogen and oxygen atoms in total. The molecule has 102 valence electrons. The van der Waals surface area contributed by atoms with Crippen molar-refractivity contribution in [2.24, 2.45) is 0 Å². The van der Waals surface area contributed by atoms with Gasteiger partial charge < -0.3 is 5.11 Å². The Morgan fingerprint density at radius 3 is 1.95 bits per heavy atom. The van der Waals surface area contributed by atoms with Gasteiger partial charge in [-0.25, -0.2) is 0 Å². The quantitative estimate of drug-likeness (QED) is 0.707. The molecule has 0 aromatic heterocycles. The molecule has 2 aromatic carbocycles. The Balaban J connectivity index is 2.99. The summed E-state index contributed by atoms with van der Waals surface area (Å²) in [6, 6.07) is 5.56. The Kier molecular flexibility index (Phi) is 3.01. The van der Waals surface area contributed by atoms with Gasteiger partial charge in [-0.3, -0.25) is 9.11 Å². The highest BCUT2D eigenvalue weighted by Gasteiger charge is 2.20. The van der Waals surface area contributed by atoms with Gasteiger partial charge in [0.1, 0.15) is 15.5 Å². The third-order valence-corrected chi connectivity index (χ3v) is 4.27. The van der Waals surface area contributed by atoms with Crippen LogP contribution in [0.4, 0.5) is 0 Å². The first-order chi connectivity index (χ1) is 8.60. The molecule has 0 fully saturated rings. The van der Waals surface area contributed by atoms with Gasteiger partial charge in [-0.05, 0) is 23.6 Å². The van der Waals surface area contributed by atoms with Crippen LogP contribution in [0, 0.1) is 0 Å². The Bertz CT molecular complexity index is 866. The van der Waals surface area contributed by atoms with E-state index >= 15 is 0 Å². The summed E-state index contributed by atoms with van der Waals surface area (Å²) in [6.45, 7) is 0. The number of aromatic hydroxyl groups is 1. The summed E-state index contributed by atoms with van der Waals surface area (Å²) in [4.78, 5) is -1.36. The summed E-state index contributed by atoms with van der Waals surface area (Å²) in [6.07, 6.45) is 0. The first kappa shape index (κ1) is 13.7. The fourth-order valence-electron chi connectivity index (χ4n) is 1.70. The molecule has 0 aliphatic heterocycles. The van der Waals surface area contributed by atoms with Crippen molar-refractivity contribution in [2.45, 2.75) is 9.79 Å². The molecule has 19 heavy (non-hydrogen) atoms. The monoisotopic (exact) mass is 304 g/mol. The number of hydrogen-bond donors (Lipinski definition) is 3. The van der Waals surface area contributed by atoms with Crippen molar-refractivity contribution in [3.63, 3.8) is 0 Å². The maximum atomic E-state index is 11.2. The van der Waals surface area contributed by atoms with E-state index in [4.69, 9.17) is 9.11 Å². The largest absolute Gasteiger partial charge is 0.506 e. The second-order valence-electron chi connectivity index (χ2n) is 3.75. The van der Waals surface area contributed by atoms with Crippen molar-refractivity contribution in [3.8, 4) is 5.75 Å². The number of fused-ring (bicyclic) bond motifs is 1. The predicted octanol–water partition coefficient (Wildman–Crippen LogP) is 1.04. The molecule has 0 saturated heterocycles. The summed E-state index contributed by atoms with van der Waals surface area (Å²) >= 11 is 0. The van der Waals surface area contributed by atoms with Crippen LogP contribution in [0.2, 0.25) is 0 Å². The van der Waals surface area contributed by atoms with E-state index in [1.807, 2.05) is 0 Å². The maximum Gasteiger partial charge on any atom is 0.298 e. The summed E-state index contributed by atoms with van der Waals surface area (Å²) < 4.78 is 62.4. The van der Waals surface area contributed by atoms with E-state index in [0.717, 1.165) is 18.2 Å². The van der Waals surface area contributed by atoms with E-state index in [9.17, 15) is 21.9 Å². The number of hydrogen-bond acceptors (Lipinski definition) is 5. The molecule has 2 aromatic rings. The topological polar surface area (TPSA) is 129 Å². The minimum Gasteiger partial charge on any atom is -0.506 e. The van der Waals surface area contributed by atoms with Crippen molar-refractivity contribution in [1.82, 2.24) is 0 Å². The van der Waals surface area contributed by atoms with Gasteiger partial charge in [0, 0.05) is 5.39 Å².